The first-order valence-corrected chi connectivity index (χ1v) is 10.1. The average molecular weight is 368 g/mol. The van der Waals surface area contributed by atoms with Crippen molar-refractivity contribution in [2.45, 2.75) is 45.1 Å². The maximum atomic E-state index is 12.2. The summed E-state index contributed by atoms with van der Waals surface area (Å²) in [6.45, 7) is 13.2. The van der Waals surface area contributed by atoms with Gasteiger partial charge < -0.3 is 10.2 Å². The van der Waals surface area contributed by atoms with Crippen molar-refractivity contribution in [3.8, 4) is 0 Å². The number of hydrogen-bond acceptors (Lipinski definition) is 4. The second-order valence-electron chi connectivity index (χ2n) is 7.35. The Morgan fingerprint density at radius 1 is 1.36 bits per heavy atom. The van der Waals surface area contributed by atoms with E-state index in [-0.39, 0.29) is 22.4 Å². The highest BCUT2D eigenvalue weighted by Gasteiger charge is 2.53. The van der Waals surface area contributed by atoms with E-state index in [9.17, 15) is 8.42 Å². The van der Waals surface area contributed by atoms with Crippen molar-refractivity contribution in [2.24, 2.45) is 10.4 Å². The van der Waals surface area contributed by atoms with Crippen molar-refractivity contribution in [1.29, 1.82) is 0 Å². The van der Waals surface area contributed by atoms with Gasteiger partial charge in [0.1, 0.15) is 4.90 Å². The van der Waals surface area contributed by atoms with Gasteiger partial charge in [-0.1, -0.05) is 13.8 Å². The normalized spacial score (nSPS) is 19.4. The highest BCUT2D eigenvalue weighted by atomic mass is 32.2. The zero-order valence-corrected chi connectivity index (χ0v) is 16.5. The predicted molar refractivity (Wildman–Crippen MR) is 100.0 cm³/mol. The molecule has 1 aliphatic heterocycles. The number of nitrogens with one attached hydrogen (secondary N) is 2. The zero-order chi connectivity index (χ0) is 18.7. The van der Waals surface area contributed by atoms with Crippen LogP contribution in [0.3, 0.4) is 0 Å². The molecule has 0 bridgehead atoms. The lowest BCUT2D eigenvalue weighted by Crippen LogP contribution is -2.72. The van der Waals surface area contributed by atoms with Crippen molar-refractivity contribution in [3.05, 3.63) is 24.5 Å². The van der Waals surface area contributed by atoms with Gasteiger partial charge in [0.2, 0.25) is 10.0 Å². The molecule has 0 atom stereocenters. The van der Waals surface area contributed by atoms with Gasteiger partial charge >= 0.3 is 0 Å². The molecule has 25 heavy (non-hydrogen) atoms. The molecular formula is C17H29N5O2S. The Morgan fingerprint density at radius 2 is 2.08 bits per heavy atom. The van der Waals surface area contributed by atoms with Gasteiger partial charge in [-0.15, -0.1) is 0 Å². The summed E-state index contributed by atoms with van der Waals surface area (Å²) in [5, 5.41) is 3.30. The number of guanidine groups is 1. The van der Waals surface area contributed by atoms with Crippen molar-refractivity contribution < 1.29 is 8.42 Å². The molecule has 2 rings (SSSR count). The van der Waals surface area contributed by atoms with Gasteiger partial charge in [0.15, 0.2) is 5.96 Å². The molecule has 2 heterocycles. The molecule has 0 saturated carbocycles. The lowest BCUT2D eigenvalue weighted by atomic mass is 9.65. The summed E-state index contributed by atoms with van der Waals surface area (Å²) in [7, 11) is -3.54. The van der Waals surface area contributed by atoms with Gasteiger partial charge in [0, 0.05) is 43.0 Å². The van der Waals surface area contributed by atoms with Crippen molar-refractivity contribution in [3.63, 3.8) is 0 Å². The molecule has 140 valence electrons. The van der Waals surface area contributed by atoms with Crippen molar-refractivity contribution >= 4 is 16.0 Å². The maximum absolute atomic E-state index is 12.2. The molecule has 0 amide bonds. The van der Waals surface area contributed by atoms with E-state index in [1.807, 2.05) is 6.92 Å². The van der Waals surface area contributed by atoms with Crippen LogP contribution in [-0.4, -0.2) is 56.0 Å². The van der Waals surface area contributed by atoms with E-state index in [0.717, 1.165) is 19.0 Å². The fourth-order valence-corrected chi connectivity index (χ4v) is 3.71. The molecule has 1 fully saturated rings. The number of nitrogens with zero attached hydrogens (tertiary/aromatic N) is 3. The molecule has 0 radical (unpaired) electrons. The van der Waals surface area contributed by atoms with Crippen LogP contribution in [0, 0.1) is 5.41 Å². The number of likely N-dealkylation sites (tertiary alicyclic amines) is 1. The van der Waals surface area contributed by atoms with Gasteiger partial charge in [-0.25, -0.2) is 13.1 Å². The van der Waals surface area contributed by atoms with E-state index >= 15 is 0 Å². The zero-order valence-electron chi connectivity index (χ0n) is 15.7. The van der Waals surface area contributed by atoms with Crippen LogP contribution in [0.25, 0.3) is 0 Å². The summed E-state index contributed by atoms with van der Waals surface area (Å²) < 4.78 is 26.9. The van der Waals surface area contributed by atoms with Gasteiger partial charge in [0.25, 0.3) is 0 Å². The highest BCUT2D eigenvalue weighted by molar-refractivity contribution is 7.89. The van der Waals surface area contributed by atoms with E-state index < -0.39 is 10.0 Å². The molecule has 2 N–H and O–H groups in total. The summed E-state index contributed by atoms with van der Waals surface area (Å²) in [6, 6.07) is 3.12. The summed E-state index contributed by atoms with van der Waals surface area (Å²) in [4.78, 5) is 10.8. The van der Waals surface area contributed by atoms with Gasteiger partial charge in [0.05, 0.1) is 6.54 Å². The second kappa shape index (κ2) is 7.29. The van der Waals surface area contributed by atoms with E-state index in [0.29, 0.717) is 6.54 Å². The van der Waals surface area contributed by atoms with Crippen LogP contribution >= 0.6 is 0 Å². The standard InChI is InChI=1S/C17H29N5O2S/c1-6-19-15(22-13-16(2,3)17(22,4)5)20-10-11-21-25(23,24)14-8-7-9-18-12-14/h7-9,12,21H,6,10-11,13H2,1-5H3,(H,19,20). The second-order valence-corrected chi connectivity index (χ2v) is 9.12. The van der Waals surface area contributed by atoms with E-state index in [1.54, 1.807) is 12.3 Å². The van der Waals surface area contributed by atoms with E-state index in [1.165, 1.54) is 12.3 Å². The number of aliphatic imine (C=N–C) groups is 1. The minimum Gasteiger partial charge on any atom is -0.356 e. The predicted octanol–water partition coefficient (Wildman–Crippen LogP) is 1.45. The Balaban J connectivity index is 1.97. The minimum absolute atomic E-state index is 0.00319. The first-order valence-electron chi connectivity index (χ1n) is 8.57. The van der Waals surface area contributed by atoms with Gasteiger partial charge in [-0.2, -0.15) is 0 Å². The third-order valence-electron chi connectivity index (χ3n) is 5.09. The molecule has 1 aromatic heterocycles. The molecule has 0 spiro atoms. The summed E-state index contributed by atoms with van der Waals surface area (Å²) in [6.07, 6.45) is 2.88. The molecule has 1 saturated heterocycles. The third-order valence-corrected chi connectivity index (χ3v) is 6.53. The molecule has 1 aliphatic rings. The average Bonchev–Trinajstić information content (AvgIpc) is 2.56. The Hall–Kier alpha value is -1.67. The number of hydrogen-bond donors (Lipinski definition) is 2. The molecule has 0 aliphatic carbocycles. The topological polar surface area (TPSA) is 86.7 Å². The number of aromatic nitrogens is 1. The van der Waals surface area contributed by atoms with E-state index in [4.69, 9.17) is 0 Å². The number of sulfonamides is 1. The van der Waals surface area contributed by atoms with Crippen LogP contribution in [0.5, 0.6) is 0 Å². The van der Waals surface area contributed by atoms with Crippen LogP contribution in [0.15, 0.2) is 34.4 Å². The Kier molecular flexibility index (Phi) is 5.73. The molecule has 8 heteroatoms. The quantitative estimate of drug-likeness (QED) is 0.451. The van der Waals surface area contributed by atoms with Crippen LogP contribution < -0.4 is 10.0 Å². The monoisotopic (exact) mass is 367 g/mol. The fourth-order valence-electron chi connectivity index (χ4n) is 2.73. The SMILES string of the molecule is CCNC(=NCCNS(=O)(=O)c1cccnc1)N1CC(C)(C)C1(C)C. The van der Waals surface area contributed by atoms with Crippen LogP contribution in [0.2, 0.25) is 0 Å². The molecule has 1 aromatic rings. The minimum atomic E-state index is -3.54. The number of pyridine rings is 1. The number of rotatable bonds is 6. The summed E-state index contributed by atoms with van der Waals surface area (Å²) in [5.41, 5.74) is 0.217. The first-order chi connectivity index (χ1) is 11.6. The van der Waals surface area contributed by atoms with Crippen molar-refractivity contribution in [1.82, 2.24) is 19.9 Å². The fraction of sp³-hybridized carbons (Fsp3) is 0.647. The first kappa shape index (κ1) is 19.7. The van der Waals surface area contributed by atoms with Crippen LogP contribution in [0.1, 0.15) is 34.6 Å². The molecular weight excluding hydrogens is 338 g/mol. The maximum Gasteiger partial charge on any atom is 0.242 e. The Bertz CT molecular complexity index is 714. The smallest absolute Gasteiger partial charge is 0.242 e. The lowest BCUT2D eigenvalue weighted by Gasteiger charge is -2.62. The molecule has 7 nitrogen and oxygen atoms in total. The largest absolute Gasteiger partial charge is 0.356 e. The van der Waals surface area contributed by atoms with Crippen LogP contribution in [0.4, 0.5) is 0 Å². The molecule has 0 unspecified atom stereocenters. The Labute approximate surface area is 151 Å². The molecule has 0 aromatic carbocycles. The van der Waals surface area contributed by atoms with Gasteiger partial charge in [-0.3, -0.25) is 9.98 Å². The van der Waals surface area contributed by atoms with Crippen molar-refractivity contribution in [2.75, 3.05) is 26.2 Å². The van der Waals surface area contributed by atoms with Gasteiger partial charge in [-0.05, 0) is 32.9 Å². The lowest BCUT2D eigenvalue weighted by molar-refractivity contribution is -0.0667. The Morgan fingerprint density at radius 3 is 2.60 bits per heavy atom. The van der Waals surface area contributed by atoms with Crippen LogP contribution in [-0.2, 0) is 10.0 Å². The summed E-state index contributed by atoms with van der Waals surface area (Å²) >= 11 is 0. The van der Waals surface area contributed by atoms with E-state index in [2.05, 4.69) is 52.6 Å². The third kappa shape index (κ3) is 4.12. The summed E-state index contributed by atoms with van der Waals surface area (Å²) in [5.74, 6) is 0.826. The highest BCUT2D eigenvalue weighted by Crippen LogP contribution is 2.46.